The number of rotatable bonds is 5. The van der Waals surface area contributed by atoms with Crippen molar-refractivity contribution in [1.29, 1.82) is 0 Å². The molecule has 0 aliphatic rings. The Balaban J connectivity index is 2.95. The van der Waals surface area contributed by atoms with Crippen LogP contribution in [0.3, 0.4) is 0 Å². The largest absolute Gasteiger partial charge is 0.388 e. The van der Waals surface area contributed by atoms with Crippen LogP contribution in [0.1, 0.15) is 31.2 Å². The van der Waals surface area contributed by atoms with Gasteiger partial charge in [0.25, 0.3) is 5.69 Å². The molecule has 0 saturated heterocycles. The fraction of sp³-hybridized carbons (Fsp3) is 0.556. The van der Waals surface area contributed by atoms with Crippen LogP contribution < -0.4 is 0 Å². The molecular weight excluding hydrogens is 234 g/mol. The summed E-state index contributed by atoms with van der Waals surface area (Å²) in [6.45, 7) is 3.64. The highest BCUT2D eigenvalue weighted by atomic mass is 32.2. The van der Waals surface area contributed by atoms with Gasteiger partial charge >= 0.3 is 0 Å². The molecule has 0 spiro atoms. The van der Waals surface area contributed by atoms with Crippen LogP contribution in [0, 0.1) is 10.1 Å². The van der Waals surface area contributed by atoms with Crippen molar-refractivity contribution in [2.75, 3.05) is 5.75 Å². The van der Waals surface area contributed by atoms with Crippen LogP contribution in [0.15, 0.2) is 10.3 Å². The van der Waals surface area contributed by atoms with E-state index in [4.69, 9.17) is 0 Å². The fourth-order valence-electron chi connectivity index (χ4n) is 1.01. The second-order valence-electron chi connectivity index (χ2n) is 3.10. The molecular formula is C9H13NO3S2. The van der Waals surface area contributed by atoms with E-state index in [2.05, 4.69) is 0 Å². The number of hydrogen-bond acceptors (Lipinski definition) is 5. The Labute approximate surface area is 96.5 Å². The first kappa shape index (κ1) is 12.5. The molecule has 0 unspecified atom stereocenters. The first-order valence-electron chi connectivity index (χ1n) is 4.65. The van der Waals surface area contributed by atoms with Crippen molar-refractivity contribution < 1.29 is 10.0 Å². The lowest BCUT2D eigenvalue weighted by Crippen LogP contribution is -1.87. The monoisotopic (exact) mass is 247 g/mol. The molecule has 1 rings (SSSR count). The first-order valence-corrected chi connectivity index (χ1v) is 6.45. The van der Waals surface area contributed by atoms with E-state index in [1.54, 1.807) is 6.92 Å². The van der Waals surface area contributed by atoms with Gasteiger partial charge in [0.2, 0.25) is 0 Å². The molecule has 1 N–H and O–H groups in total. The summed E-state index contributed by atoms with van der Waals surface area (Å²) < 4.78 is 0.692. The van der Waals surface area contributed by atoms with Crippen LogP contribution in [-0.4, -0.2) is 15.8 Å². The average molecular weight is 247 g/mol. The van der Waals surface area contributed by atoms with Crippen molar-refractivity contribution in [2.24, 2.45) is 0 Å². The fourth-order valence-corrected chi connectivity index (χ4v) is 3.25. The summed E-state index contributed by atoms with van der Waals surface area (Å²) in [6, 6.07) is 1.47. The van der Waals surface area contributed by atoms with Gasteiger partial charge in [-0.3, -0.25) is 10.1 Å². The smallest absolute Gasteiger partial charge is 0.294 e. The Morgan fingerprint density at radius 1 is 1.73 bits per heavy atom. The zero-order valence-electron chi connectivity index (χ0n) is 8.60. The summed E-state index contributed by atoms with van der Waals surface area (Å²) in [5.41, 5.74) is 0.120. The third-order valence-corrected chi connectivity index (χ3v) is 4.52. The maximum absolute atomic E-state index is 10.7. The predicted octanol–water partition coefficient (Wildman–Crippen LogP) is 3.21. The molecule has 0 radical (unpaired) electrons. The predicted molar refractivity (Wildman–Crippen MR) is 62.6 cm³/mol. The Morgan fingerprint density at radius 2 is 2.40 bits per heavy atom. The van der Waals surface area contributed by atoms with Crippen LogP contribution in [0.5, 0.6) is 0 Å². The summed E-state index contributed by atoms with van der Waals surface area (Å²) in [4.78, 5) is 11.0. The quantitative estimate of drug-likeness (QED) is 0.493. The van der Waals surface area contributed by atoms with Crippen molar-refractivity contribution >= 4 is 28.8 Å². The zero-order valence-corrected chi connectivity index (χ0v) is 10.2. The van der Waals surface area contributed by atoms with E-state index in [1.807, 2.05) is 6.92 Å². The molecule has 4 nitrogen and oxygen atoms in total. The summed E-state index contributed by atoms with van der Waals surface area (Å²) in [6.07, 6.45) is 0.341. The van der Waals surface area contributed by atoms with Crippen LogP contribution in [0.4, 0.5) is 5.69 Å². The average Bonchev–Trinajstić information content (AvgIpc) is 2.58. The normalized spacial score (nSPS) is 12.7. The maximum atomic E-state index is 10.7. The Bertz CT molecular complexity index is 349. The van der Waals surface area contributed by atoms with Gasteiger partial charge in [0.1, 0.15) is 4.21 Å². The highest BCUT2D eigenvalue weighted by Crippen LogP contribution is 2.39. The Hall–Kier alpha value is -0.590. The van der Waals surface area contributed by atoms with Gasteiger partial charge in [-0.05, 0) is 19.1 Å². The first-order chi connectivity index (χ1) is 7.06. The molecule has 6 heteroatoms. The summed E-state index contributed by atoms with van der Waals surface area (Å²) in [5.74, 6) is 0.862. The van der Waals surface area contributed by atoms with Gasteiger partial charge in [0, 0.05) is 10.9 Å². The molecule has 1 aromatic heterocycles. The molecule has 0 amide bonds. The number of nitro groups is 1. The Kier molecular flexibility index (Phi) is 4.56. The zero-order chi connectivity index (χ0) is 11.4. The molecule has 1 aromatic rings. The third kappa shape index (κ3) is 3.19. The number of nitrogens with zero attached hydrogens (tertiary/aromatic N) is 1. The third-order valence-electron chi connectivity index (χ3n) is 1.74. The van der Waals surface area contributed by atoms with E-state index >= 15 is 0 Å². The minimum Gasteiger partial charge on any atom is -0.388 e. The van der Waals surface area contributed by atoms with Crippen molar-refractivity contribution in [3.05, 3.63) is 21.1 Å². The molecule has 0 fully saturated rings. The molecule has 1 heterocycles. The van der Waals surface area contributed by atoms with Crippen molar-refractivity contribution in [3.8, 4) is 0 Å². The van der Waals surface area contributed by atoms with Gasteiger partial charge in [-0.25, -0.2) is 0 Å². The van der Waals surface area contributed by atoms with Gasteiger partial charge in [-0.2, -0.15) is 0 Å². The van der Waals surface area contributed by atoms with E-state index in [0.717, 1.165) is 12.2 Å². The molecule has 15 heavy (non-hydrogen) atoms. The van der Waals surface area contributed by atoms with Crippen LogP contribution in [-0.2, 0) is 0 Å². The van der Waals surface area contributed by atoms with Gasteiger partial charge < -0.3 is 5.11 Å². The summed E-state index contributed by atoms with van der Waals surface area (Å²) >= 11 is 2.79. The molecule has 84 valence electrons. The lowest BCUT2D eigenvalue weighted by molar-refractivity contribution is -0.387. The van der Waals surface area contributed by atoms with Gasteiger partial charge in [-0.1, -0.05) is 6.92 Å². The molecule has 0 aliphatic carbocycles. The topological polar surface area (TPSA) is 63.4 Å². The van der Waals surface area contributed by atoms with E-state index in [9.17, 15) is 15.2 Å². The van der Waals surface area contributed by atoms with Gasteiger partial charge in [-0.15, -0.1) is 23.1 Å². The highest BCUT2D eigenvalue weighted by molar-refractivity contribution is 8.01. The SMILES string of the molecule is CCCSc1sc([C@H](C)O)cc1[N+](=O)[O-]. The molecule has 0 bridgehead atoms. The second kappa shape index (κ2) is 5.48. The highest BCUT2D eigenvalue weighted by Gasteiger charge is 2.20. The molecule has 1 atom stereocenters. The lowest BCUT2D eigenvalue weighted by Gasteiger charge is -1.96. The number of thioether (sulfide) groups is 1. The Morgan fingerprint density at radius 3 is 2.87 bits per heavy atom. The molecule has 0 saturated carbocycles. The van der Waals surface area contributed by atoms with Crippen molar-refractivity contribution in [2.45, 2.75) is 30.6 Å². The van der Waals surface area contributed by atoms with E-state index in [1.165, 1.54) is 29.2 Å². The van der Waals surface area contributed by atoms with Crippen LogP contribution in [0.25, 0.3) is 0 Å². The number of hydrogen-bond donors (Lipinski definition) is 1. The second-order valence-corrected chi connectivity index (χ2v) is 5.55. The van der Waals surface area contributed by atoms with Gasteiger partial charge in [0.05, 0.1) is 11.0 Å². The maximum Gasteiger partial charge on any atom is 0.294 e. The standard InChI is InChI=1S/C9H13NO3S2/c1-3-4-14-9-7(10(12)13)5-8(15-9)6(2)11/h5-6,11H,3-4H2,1-2H3/t6-/m0/s1. The van der Waals surface area contributed by atoms with Gasteiger partial charge in [0.15, 0.2) is 0 Å². The lowest BCUT2D eigenvalue weighted by atomic mass is 10.3. The van der Waals surface area contributed by atoms with Crippen LogP contribution >= 0.6 is 23.1 Å². The number of aliphatic hydroxyl groups is 1. The number of aliphatic hydroxyl groups excluding tert-OH is 1. The van der Waals surface area contributed by atoms with E-state index in [0.29, 0.717) is 9.09 Å². The minimum atomic E-state index is -0.635. The van der Waals surface area contributed by atoms with E-state index < -0.39 is 6.10 Å². The number of thiophene rings is 1. The van der Waals surface area contributed by atoms with Crippen molar-refractivity contribution in [3.63, 3.8) is 0 Å². The molecule has 0 aromatic carbocycles. The van der Waals surface area contributed by atoms with E-state index in [-0.39, 0.29) is 10.6 Å². The summed E-state index contributed by atoms with van der Waals surface area (Å²) in [5, 5.41) is 20.1. The summed E-state index contributed by atoms with van der Waals surface area (Å²) in [7, 11) is 0. The molecule has 0 aliphatic heterocycles. The minimum absolute atomic E-state index is 0.120. The van der Waals surface area contributed by atoms with Crippen LogP contribution in [0.2, 0.25) is 0 Å². The van der Waals surface area contributed by atoms with Crippen molar-refractivity contribution in [1.82, 2.24) is 0 Å².